The molecule has 1 aliphatic rings. The molecule has 0 aromatic carbocycles. The minimum absolute atomic E-state index is 0.235. The summed E-state index contributed by atoms with van der Waals surface area (Å²) in [6, 6.07) is 0. The molecule has 7 heteroatoms. The van der Waals surface area contributed by atoms with Crippen molar-refractivity contribution < 1.29 is 35.0 Å². The molecule has 0 radical (unpaired) electrons. The molecule has 1 heterocycles. The normalized spacial score (nSPS) is 22.1. The van der Waals surface area contributed by atoms with E-state index in [1.165, 1.54) is 6.26 Å². The molecule has 0 fully saturated rings. The van der Waals surface area contributed by atoms with Crippen molar-refractivity contribution in [1.82, 2.24) is 0 Å². The van der Waals surface area contributed by atoms with Crippen molar-refractivity contribution >= 4 is 0 Å². The van der Waals surface area contributed by atoms with Crippen LogP contribution in [0.1, 0.15) is 0 Å². The molecule has 7 nitrogen and oxygen atoms in total. The van der Waals surface area contributed by atoms with E-state index in [4.69, 9.17) is 14.9 Å². The van der Waals surface area contributed by atoms with Crippen molar-refractivity contribution in [2.45, 2.75) is 24.4 Å². The Labute approximate surface area is 85.8 Å². The fourth-order valence-corrected chi connectivity index (χ4v) is 0.921. The molecule has 0 aliphatic carbocycles. The van der Waals surface area contributed by atoms with Gasteiger partial charge in [-0.3, -0.25) is 0 Å². The van der Waals surface area contributed by atoms with E-state index < -0.39 is 31.0 Å². The largest absolute Gasteiger partial charge is 0.460 e. The Hall–Kier alpha value is -0.860. The summed E-state index contributed by atoms with van der Waals surface area (Å²) in [6.45, 7) is -0.984. The first kappa shape index (κ1) is 12.2. The van der Waals surface area contributed by atoms with E-state index in [0.29, 0.717) is 0 Å². The molecule has 1 rings (SSSR count). The van der Waals surface area contributed by atoms with Gasteiger partial charge in [0.05, 0.1) is 6.61 Å². The SMILES string of the molecule is OC[C@@H](O)[C@@H](O)[C@H](O)[C@@H](O)COC1=CO1. The fraction of sp³-hybridized carbons (Fsp3) is 0.750. The summed E-state index contributed by atoms with van der Waals surface area (Å²) < 4.78 is 9.27. The fourth-order valence-electron chi connectivity index (χ4n) is 0.921. The van der Waals surface area contributed by atoms with Gasteiger partial charge in [0.25, 0.3) is 0 Å². The van der Waals surface area contributed by atoms with E-state index in [2.05, 4.69) is 4.74 Å². The Morgan fingerprint density at radius 1 is 1.13 bits per heavy atom. The summed E-state index contributed by atoms with van der Waals surface area (Å²) in [5.74, 6) is 0.235. The second-order valence-corrected chi connectivity index (χ2v) is 3.16. The number of hydrogen-bond donors (Lipinski definition) is 5. The van der Waals surface area contributed by atoms with Gasteiger partial charge in [-0.1, -0.05) is 0 Å². The molecule has 0 spiro atoms. The highest BCUT2D eigenvalue weighted by molar-refractivity contribution is 4.92. The van der Waals surface area contributed by atoms with Crippen molar-refractivity contribution in [2.75, 3.05) is 13.2 Å². The smallest absolute Gasteiger partial charge is 0.321 e. The first-order chi connectivity index (χ1) is 7.06. The van der Waals surface area contributed by atoms with E-state index >= 15 is 0 Å². The summed E-state index contributed by atoms with van der Waals surface area (Å²) in [4.78, 5) is 0. The Bertz CT molecular complexity index is 229. The molecule has 1 aliphatic heterocycles. The lowest BCUT2D eigenvalue weighted by Crippen LogP contribution is -2.47. The van der Waals surface area contributed by atoms with Crippen molar-refractivity contribution in [1.29, 1.82) is 0 Å². The maximum Gasteiger partial charge on any atom is 0.321 e. The molecule has 88 valence electrons. The van der Waals surface area contributed by atoms with E-state index in [1.807, 2.05) is 0 Å². The van der Waals surface area contributed by atoms with Crippen LogP contribution in [0.15, 0.2) is 12.2 Å². The number of ether oxygens (including phenoxy) is 2. The molecule has 0 aromatic heterocycles. The molecular weight excluding hydrogens is 208 g/mol. The summed E-state index contributed by atoms with van der Waals surface area (Å²) >= 11 is 0. The first-order valence-corrected chi connectivity index (χ1v) is 4.39. The van der Waals surface area contributed by atoms with Gasteiger partial charge in [0, 0.05) is 0 Å². The standard InChI is InChI=1S/C8H14O7/c9-1-4(10)7(12)8(13)5(11)2-14-6-3-15-6/h3-5,7-13H,1-2H2/t4-,5+,7-,8-/m1/s1. The summed E-state index contributed by atoms with van der Waals surface area (Å²) in [5, 5.41) is 45.3. The molecule has 0 saturated heterocycles. The van der Waals surface area contributed by atoms with Gasteiger partial charge in [-0.05, 0) is 0 Å². The maximum absolute atomic E-state index is 9.31. The third kappa shape index (κ3) is 3.65. The molecular formula is C8H14O7. The van der Waals surface area contributed by atoms with Crippen LogP contribution in [0, 0.1) is 0 Å². The number of rotatable bonds is 7. The molecule has 0 bridgehead atoms. The lowest BCUT2D eigenvalue weighted by molar-refractivity contribution is -0.126. The molecule has 15 heavy (non-hydrogen) atoms. The molecule has 4 atom stereocenters. The summed E-state index contributed by atoms with van der Waals surface area (Å²) in [7, 11) is 0. The second-order valence-electron chi connectivity index (χ2n) is 3.16. The van der Waals surface area contributed by atoms with Crippen molar-refractivity contribution in [3.8, 4) is 0 Å². The predicted octanol–water partition coefficient (Wildman–Crippen LogP) is -2.73. The first-order valence-electron chi connectivity index (χ1n) is 4.39. The monoisotopic (exact) mass is 222 g/mol. The van der Waals surface area contributed by atoms with Crippen molar-refractivity contribution in [3.05, 3.63) is 12.2 Å². The van der Waals surface area contributed by atoms with Gasteiger partial charge in [-0.2, -0.15) is 0 Å². The van der Waals surface area contributed by atoms with Crippen LogP contribution < -0.4 is 0 Å². The van der Waals surface area contributed by atoms with Crippen LogP contribution in [-0.4, -0.2) is 63.2 Å². The van der Waals surface area contributed by atoms with E-state index in [0.717, 1.165) is 0 Å². The maximum atomic E-state index is 9.31. The van der Waals surface area contributed by atoms with Gasteiger partial charge in [-0.25, -0.2) is 0 Å². The van der Waals surface area contributed by atoms with Crippen LogP contribution in [0.3, 0.4) is 0 Å². The lowest BCUT2D eigenvalue weighted by atomic mass is 10.0. The molecule has 0 amide bonds. The quantitative estimate of drug-likeness (QED) is 0.317. The zero-order valence-electron chi connectivity index (χ0n) is 7.85. The summed E-state index contributed by atoms with van der Waals surface area (Å²) in [6.07, 6.45) is -4.83. The Balaban J connectivity index is 2.28. The van der Waals surface area contributed by atoms with Gasteiger partial charge in [0.15, 0.2) is 6.26 Å². The Morgan fingerprint density at radius 2 is 1.67 bits per heavy atom. The van der Waals surface area contributed by atoms with Crippen molar-refractivity contribution in [2.24, 2.45) is 0 Å². The Morgan fingerprint density at radius 3 is 2.13 bits per heavy atom. The van der Waals surface area contributed by atoms with Gasteiger partial charge in [0.1, 0.15) is 31.0 Å². The van der Waals surface area contributed by atoms with Crippen LogP contribution >= 0.6 is 0 Å². The highest BCUT2D eigenvalue weighted by atomic mass is 16.7. The minimum Gasteiger partial charge on any atom is -0.460 e. The second kappa shape index (κ2) is 5.29. The topological polar surface area (TPSA) is 123 Å². The van der Waals surface area contributed by atoms with E-state index in [-0.39, 0.29) is 12.6 Å². The van der Waals surface area contributed by atoms with Crippen molar-refractivity contribution in [3.63, 3.8) is 0 Å². The van der Waals surface area contributed by atoms with Gasteiger partial charge >= 0.3 is 5.95 Å². The Kier molecular flexibility index (Phi) is 4.30. The van der Waals surface area contributed by atoms with Crippen LogP contribution in [0.5, 0.6) is 0 Å². The lowest BCUT2D eigenvalue weighted by Gasteiger charge is -2.24. The van der Waals surface area contributed by atoms with E-state index in [1.54, 1.807) is 0 Å². The third-order valence-electron chi connectivity index (χ3n) is 1.94. The van der Waals surface area contributed by atoms with Crippen LogP contribution in [-0.2, 0) is 9.47 Å². The molecule has 0 unspecified atom stereocenters. The average molecular weight is 222 g/mol. The highest BCUT2D eigenvalue weighted by Crippen LogP contribution is 2.15. The number of aliphatic hydroxyl groups is 5. The van der Waals surface area contributed by atoms with Gasteiger partial charge < -0.3 is 35.0 Å². The van der Waals surface area contributed by atoms with Crippen LogP contribution in [0.4, 0.5) is 0 Å². The third-order valence-corrected chi connectivity index (χ3v) is 1.94. The molecule has 5 N–H and O–H groups in total. The molecule has 0 aromatic rings. The zero-order valence-corrected chi connectivity index (χ0v) is 7.85. The zero-order chi connectivity index (χ0) is 11.4. The number of hydrogen-bond acceptors (Lipinski definition) is 7. The minimum atomic E-state index is -1.64. The van der Waals surface area contributed by atoms with Crippen LogP contribution in [0.2, 0.25) is 0 Å². The van der Waals surface area contributed by atoms with Crippen LogP contribution in [0.25, 0.3) is 0 Å². The number of aliphatic hydroxyl groups excluding tert-OH is 5. The van der Waals surface area contributed by atoms with E-state index in [9.17, 15) is 15.3 Å². The molecule has 0 saturated carbocycles. The predicted molar refractivity (Wildman–Crippen MR) is 46.2 cm³/mol. The highest BCUT2D eigenvalue weighted by Gasteiger charge is 2.31. The van der Waals surface area contributed by atoms with Gasteiger partial charge in [0.2, 0.25) is 0 Å². The summed E-state index contributed by atoms with van der Waals surface area (Å²) in [5.41, 5.74) is 0. The average Bonchev–Trinajstić information content (AvgIpc) is 3.06. The van der Waals surface area contributed by atoms with Gasteiger partial charge in [-0.15, -0.1) is 0 Å².